The van der Waals surface area contributed by atoms with Crippen LogP contribution in [0.25, 0.3) is 22.7 Å². The molecule has 4 nitrogen and oxygen atoms in total. The molecule has 1 aliphatic heterocycles. The van der Waals surface area contributed by atoms with Crippen LogP contribution in [0.4, 0.5) is 0 Å². The van der Waals surface area contributed by atoms with Crippen molar-refractivity contribution in [2.75, 3.05) is 11.5 Å². The summed E-state index contributed by atoms with van der Waals surface area (Å²) in [5, 5.41) is 0. The SMILES string of the molecule is c1ccc(-c2nc3cccnc3n2C2CCSC2)nc1. The highest BCUT2D eigenvalue weighted by Crippen LogP contribution is 2.34. The molecule has 1 saturated heterocycles. The maximum Gasteiger partial charge on any atom is 0.161 e. The third-order valence-electron chi connectivity index (χ3n) is 3.61. The van der Waals surface area contributed by atoms with Gasteiger partial charge in [0.15, 0.2) is 11.5 Å². The van der Waals surface area contributed by atoms with Gasteiger partial charge < -0.3 is 4.57 Å². The van der Waals surface area contributed by atoms with Crippen molar-refractivity contribution in [1.29, 1.82) is 0 Å². The molecule has 20 heavy (non-hydrogen) atoms. The van der Waals surface area contributed by atoms with Gasteiger partial charge in [-0.2, -0.15) is 11.8 Å². The number of imidazole rings is 1. The van der Waals surface area contributed by atoms with Gasteiger partial charge in [-0.3, -0.25) is 4.98 Å². The second-order valence-corrected chi connectivity index (χ2v) is 6.03. The molecule has 3 aromatic heterocycles. The number of thioether (sulfide) groups is 1. The van der Waals surface area contributed by atoms with E-state index in [1.165, 1.54) is 12.2 Å². The molecule has 4 heterocycles. The highest BCUT2D eigenvalue weighted by molar-refractivity contribution is 7.99. The topological polar surface area (TPSA) is 43.6 Å². The van der Waals surface area contributed by atoms with Crippen molar-refractivity contribution in [1.82, 2.24) is 19.5 Å². The van der Waals surface area contributed by atoms with Crippen LogP contribution in [-0.4, -0.2) is 31.0 Å². The van der Waals surface area contributed by atoms with Crippen LogP contribution in [0.15, 0.2) is 42.7 Å². The summed E-state index contributed by atoms with van der Waals surface area (Å²) in [5.41, 5.74) is 2.84. The fourth-order valence-corrected chi connectivity index (χ4v) is 3.87. The van der Waals surface area contributed by atoms with Gasteiger partial charge in [0.05, 0.1) is 0 Å². The Morgan fingerprint density at radius 3 is 2.85 bits per heavy atom. The van der Waals surface area contributed by atoms with Gasteiger partial charge in [0.2, 0.25) is 0 Å². The summed E-state index contributed by atoms with van der Waals surface area (Å²) in [6, 6.07) is 10.4. The van der Waals surface area contributed by atoms with Crippen LogP contribution in [0.2, 0.25) is 0 Å². The zero-order valence-electron chi connectivity index (χ0n) is 10.9. The van der Waals surface area contributed by atoms with Crippen molar-refractivity contribution in [2.45, 2.75) is 12.5 Å². The normalized spacial score (nSPS) is 18.7. The fourth-order valence-electron chi connectivity index (χ4n) is 2.68. The van der Waals surface area contributed by atoms with Crippen molar-refractivity contribution in [3.63, 3.8) is 0 Å². The average Bonchev–Trinajstić information content (AvgIpc) is 3.14. The average molecular weight is 282 g/mol. The summed E-state index contributed by atoms with van der Waals surface area (Å²) < 4.78 is 2.28. The Bertz CT molecular complexity index is 732. The molecule has 100 valence electrons. The third kappa shape index (κ3) is 1.89. The summed E-state index contributed by atoms with van der Waals surface area (Å²) in [4.78, 5) is 13.7. The molecule has 4 rings (SSSR count). The minimum Gasteiger partial charge on any atom is -0.303 e. The lowest BCUT2D eigenvalue weighted by Crippen LogP contribution is -2.10. The molecule has 0 aromatic carbocycles. The van der Waals surface area contributed by atoms with Crippen molar-refractivity contribution < 1.29 is 0 Å². The lowest BCUT2D eigenvalue weighted by molar-refractivity contribution is 0.576. The highest BCUT2D eigenvalue weighted by Gasteiger charge is 2.24. The second kappa shape index (κ2) is 4.90. The van der Waals surface area contributed by atoms with Gasteiger partial charge in [0, 0.05) is 24.2 Å². The van der Waals surface area contributed by atoms with Gasteiger partial charge >= 0.3 is 0 Å². The van der Waals surface area contributed by atoms with E-state index in [2.05, 4.69) is 14.5 Å². The first-order valence-electron chi connectivity index (χ1n) is 6.75. The fraction of sp³-hybridized carbons (Fsp3) is 0.267. The summed E-state index contributed by atoms with van der Waals surface area (Å²) >= 11 is 2.00. The first-order chi connectivity index (χ1) is 9.93. The minimum absolute atomic E-state index is 0.469. The molecule has 0 N–H and O–H groups in total. The minimum atomic E-state index is 0.469. The van der Waals surface area contributed by atoms with Crippen LogP contribution in [0.5, 0.6) is 0 Å². The maximum atomic E-state index is 4.76. The number of rotatable bonds is 2. The standard InChI is InChI=1S/C15H14N4S/c1-2-7-16-12(4-1)15-18-13-5-3-8-17-14(13)19(15)11-6-9-20-10-11/h1-5,7-8,11H,6,9-10H2. The van der Waals surface area contributed by atoms with Crippen molar-refractivity contribution in [2.24, 2.45) is 0 Å². The number of pyridine rings is 2. The van der Waals surface area contributed by atoms with Gasteiger partial charge in [0.1, 0.15) is 11.2 Å². The smallest absolute Gasteiger partial charge is 0.161 e. The predicted molar refractivity (Wildman–Crippen MR) is 81.7 cm³/mol. The van der Waals surface area contributed by atoms with Crippen molar-refractivity contribution >= 4 is 22.9 Å². The second-order valence-electron chi connectivity index (χ2n) is 4.88. The Kier molecular flexibility index (Phi) is 2.92. The summed E-state index contributed by atoms with van der Waals surface area (Å²) in [6.45, 7) is 0. The maximum absolute atomic E-state index is 4.76. The van der Waals surface area contributed by atoms with E-state index >= 15 is 0 Å². The predicted octanol–water partition coefficient (Wildman–Crippen LogP) is 3.17. The van der Waals surface area contributed by atoms with Gasteiger partial charge in [-0.15, -0.1) is 0 Å². The van der Waals surface area contributed by atoms with Crippen LogP contribution < -0.4 is 0 Å². The van der Waals surface area contributed by atoms with Crippen LogP contribution in [0.1, 0.15) is 12.5 Å². The van der Waals surface area contributed by atoms with Crippen molar-refractivity contribution in [3.8, 4) is 11.5 Å². The largest absolute Gasteiger partial charge is 0.303 e. The van der Waals surface area contributed by atoms with E-state index in [0.29, 0.717) is 6.04 Å². The van der Waals surface area contributed by atoms with Gasteiger partial charge in [0.25, 0.3) is 0 Å². The quantitative estimate of drug-likeness (QED) is 0.724. The zero-order chi connectivity index (χ0) is 13.4. The number of nitrogens with zero attached hydrogens (tertiary/aromatic N) is 4. The van der Waals surface area contributed by atoms with Crippen LogP contribution >= 0.6 is 11.8 Å². The lowest BCUT2D eigenvalue weighted by atomic mass is 10.2. The summed E-state index contributed by atoms with van der Waals surface area (Å²) in [6.07, 6.45) is 4.83. The molecule has 0 saturated carbocycles. The van der Waals surface area contributed by atoms with E-state index in [1.807, 2.05) is 54.5 Å². The van der Waals surface area contributed by atoms with E-state index in [4.69, 9.17) is 4.98 Å². The van der Waals surface area contributed by atoms with Crippen LogP contribution in [0, 0.1) is 0 Å². The third-order valence-corrected chi connectivity index (χ3v) is 4.76. The molecular formula is C15H14N4S. The first kappa shape index (κ1) is 11.9. The molecule has 0 aliphatic carbocycles. The Hall–Kier alpha value is -1.88. The molecule has 1 aliphatic rings. The monoisotopic (exact) mass is 282 g/mol. The van der Waals surface area contributed by atoms with E-state index < -0.39 is 0 Å². The number of fused-ring (bicyclic) bond motifs is 1. The molecule has 1 unspecified atom stereocenters. The van der Waals surface area contributed by atoms with Gasteiger partial charge in [-0.05, 0) is 36.4 Å². The Morgan fingerprint density at radius 1 is 1.10 bits per heavy atom. The van der Waals surface area contributed by atoms with E-state index in [1.54, 1.807) is 0 Å². The molecule has 1 fully saturated rings. The van der Waals surface area contributed by atoms with E-state index in [0.717, 1.165) is 28.4 Å². The molecule has 0 amide bonds. The Morgan fingerprint density at radius 2 is 2.05 bits per heavy atom. The number of hydrogen-bond donors (Lipinski definition) is 0. The van der Waals surface area contributed by atoms with Crippen LogP contribution in [0.3, 0.4) is 0 Å². The zero-order valence-corrected chi connectivity index (χ0v) is 11.8. The number of hydrogen-bond acceptors (Lipinski definition) is 4. The molecule has 5 heteroatoms. The van der Waals surface area contributed by atoms with Gasteiger partial charge in [-0.25, -0.2) is 9.97 Å². The molecule has 1 atom stereocenters. The Balaban J connectivity index is 1.97. The van der Waals surface area contributed by atoms with E-state index in [-0.39, 0.29) is 0 Å². The Labute approximate surface area is 121 Å². The van der Waals surface area contributed by atoms with E-state index in [9.17, 15) is 0 Å². The molecule has 3 aromatic rings. The molecular weight excluding hydrogens is 268 g/mol. The molecule has 0 radical (unpaired) electrons. The van der Waals surface area contributed by atoms with Gasteiger partial charge in [-0.1, -0.05) is 6.07 Å². The molecule has 0 bridgehead atoms. The lowest BCUT2D eigenvalue weighted by Gasteiger charge is -2.14. The summed E-state index contributed by atoms with van der Waals surface area (Å²) in [5.74, 6) is 3.27. The van der Waals surface area contributed by atoms with Crippen molar-refractivity contribution in [3.05, 3.63) is 42.7 Å². The van der Waals surface area contributed by atoms with Crippen LogP contribution in [-0.2, 0) is 0 Å². The first-order valence-corrected chi connectivity index (χ1v) is 7.91. The number of aromatic nitrogens is 4. The summed E-state index contributed by atoms with van der Waals surface area (Å²) in [7, 11) is 0. The highest BCUT2D eigenvalue weighted by atomic mass is 32.2. The molecule has 0 spiro atoms.